The summed E-state index contributed by atoms with van der Waals surface area (Å²) in [5, 5.41) is 3.30. The number of nitrogens with one attached hydrogen (secondary N) is 1. The van der Waals surface area contributed by atoms with Crippen LogP contribution in [-0.2, 0) is 11.3 Å². The zero-order valence-corrected chi connectivity index (χ0v) is 11.3. The summed E-state index contributed by atoms with van der Waals surface area (Å²) in [6.45, 7) is 0.325. The van der Waals surface area contributed by atoms with Gasteiger partial charge in [-0.1, -0.05) is 0 Å². The molecule has 1 amide bonds. The van der Waals surface area contributed by atoms with Crippen LogP contribution in [-0.4, -0.2) is 20.9 Å². The van der Waals surface area contributed by atoms with Gasteiger partial charge in [-0.3, -0.25) is 14.7 Å². The van der Waals surface area contributed by atoms with Gasteiger partial charge in [-0.05, 0) is 48.1 Å². The molecule has 1 saturated heterocycles. The van der Waals surface area contributed by atoms with Crippen molar-refractivity contribution < 1.29 is 9.21 Å². The second-order valence-electron chi connectivity index (χ2n) is 4.24. The molecule has 1 N–H and O–H groups in total. The molecule has 0 radical (unpaired) electrons. The van der Waals surface area contributed by atoms with E-state index in [4.69, 9.17) is 16.6 Å². The Morgan fingerprint density at radius 2 is 2.15 bits per heavy atom. The smallest absolute Gasteiger partial charge is 0.276 e. The molecule has 0 atom stereocenters. The molecule has 20 heavy (non-hydrogen) atoms. The standard InChI is InChI=1S/C14H11N3O2S/c18-13-12(8-10-3-5-15-6-4-10)16-14(20)17(13)9-11-2-1-7-19-11/h1-8H,9H2,(H,16,20)/b12-8+. The third kappa shape index (κ3) is 2.46. The minimum absolute atomic E-state index is 0.164. The number of aromatic nitrogens is 1. The number of thiocarbonyl (C=S) groups is 1. The Bertz CT molecular complexity index is 665. The van der Waals surface area contributed by atoms with E-state index in [0.717, 1.165) is 5.56 Å². The third-order valence-electron chi connectivity index (χ3n) is 2.87. The molecule has 0 saturated carbocycles. The average Bonchev–Trinajstić information content (AvgIpc) is 3.05. The van der Waals surface area contributed by atoms with Crippen LogP contribution in [0.3, 0.4) is 0 Å². The Morgan fingerprint density at radius 3 is 2.85 bits per heavy atom. The lowest BCUT2D eigenvalue weighted by Gasteiger charge is -2.11. The average molecular weight is 285 g/mol. The van der Waals surface area contributed by atoms with Crippen molar-refractivity contribution in [2.24, 2.45) is 0 Å². The minimum Gasteiger partial charge on any atom is -0.467 e. The van der Waals surface area contributed by atoms with E-state index in [-0.39, 0.29) is 5.91 Å². The fraction of sp³-hybridized carbons (Fsp3) is 0.0714. The first-order chi connectivity index (χ1) is 9.74. The fourth-order valence-corrected chi connectivity index (χ4v) is 2.16. The highest BCUT2D eigenvalue weighted by atomic mass is 32.1. The Balaban J connectivity index is 1.82. The molecule has 6 heteroatoms. The van der Waals surface area contributed by atoms with Crippen molar-refractivity contribution in [2.75, 3.05) is 0 Å². The second-order valence-corrected chi connectivity index (χ2v) is 4.63. The number of carbonyl (C=O) groups excluding carboxylic acids is 1. The fourth-order valence-electron chi connectivity index (χ4n) is 1.90. The molecule has 0 aliphatic carbocycles. The van der Waals surface area contributed by atoms with E-state index in [1.165, 1.54) is 4.90 Å². The molecule has 3 heterocycles. The molecule has 100 valence electrons. The molecular weight excluding hydrogens is 274 g/mol. The van der Waals surface area contributed by atoms with Crippen LogP contribution in [0.25, 0.3) is 6.08 Å². The van der Waals surface area contributed by atoms with Crippen LogP contribution in [0, 0.1) is 0 Å². The van der Waals surface area contributed by atoms with Crippen LogP contribution in [0.4, 0.5) is 0 Å². The number of amides is 1. The molecule has 2 aromatic rings. The normalized spacial score (nSPS) is 16.8. The predicted octanol–water partition coefficient (Wildman–Crippen LogP) is 1.93. The summed E-state index contributed by atoms with van der Waals surface area (Å²) in [6, 6.07) is 7.22. The van der Waals surface area contributed by atoms with Crippen molar-refractivity contribution in [3.63, 3.8) is 0 Å². The van der Waals surface area contributed by atoms with Gasteiger partial charge in [-0.15, -0.1) is 0 Å². The van der Waals surface area contributed by atoms with Crippen molar-refractivity contribution in [2.45, 2.75) is 6.54 Å². The van der Waals surface area contributed by atoms with Crippen molar-refractivity contribution in [1.29, 1.82) is 0 Å². The minimum atomic E-state index is -0.164. The van der Waals surface area contributed by atoms with Gasteiger partial charge in [0.2, 0.25) is 0 Å². The lowest BCUT2D eigenvalue weighted by Crippen LogP contribution is -2.29. The Labute approximate surface area is 120 Å². The first kappa shape index (κ1) is 12.6. The zero-order valence-electron chi connectivity index (χ0n) is 10.4. The highest BCUT2D eigenvalue weighted by Gasteiger charge is 2.31. The van der Waals surface area contributed by atoms with Crippen molar-refractivity contribution >= 4 is 29.3 Å². The van der Waals surface area contributed by atoms with E-state index in [1.54, 1.807) is 36.9 Å². The SMILES string of the molecule is O=C1/C(=C\c2ccncc2)NC(=S)N1Cc1ccco1. The molecule has 1 fully saturated rings. The second kappa shape index (κ2) is 5.26. The third-order valence-corrected chi connectivity index (χ3v) is 3.20. The summed E-state index contributed by atoms with van der Waals surface area (Å²) in [5.74, 6) is 0.524. The van der Waals surface area contributed by atoms with Gasteiger partial charge in [0.15, 0.2) is 5.11 Å². The number of nitrogens with zero attached hydrogens (tertiary/aromatic N) is 2. The molecule has 0 bridgehead atoms. The first-order valence-corrected chi connectivity index (χ1v) is 6.42. The van der Waals surface area contributed by atoms with Crippen molar-refractivity contribution in [1.82, 2.24) is 15.2 Å². The highest BCUT2D eigenvalue weighted by molar-refractivity contribution is 7.80. The lowest BCUT2D eigenvalue weighted by molar-refractivity contribution is -0.122. The van der Waals surface area contributed by atoms with Crippen LogP contribution in [0.1, 0.15) is 11.3 Å². The largest absolute Gasteiger partial charge is 0.467 e. The van der Waals surface area contributed by atoms with E-state index in [2.05, 4.69) is 10.3 Å². The van der Waals surface area contributed by atoms with Crippen molar-refractivity contribution in [3.8, 4) is 0 Å². The molecule has 1 aliphatic rings. The highest BCUT2D eigenvalue weighted by Crippen LogP contribution is 2.16. The molecule has 0 spiro atoms. The van der Waals surface area contributed by atoms with Crippen LogP contribution in [0.5, 0.6) is 0 Å². The van der Waals surface area contributed by atoms with E-state index in [1.807, 2.05) is 12.1 Å². The van der Waals surface area contributed by atoms with Gasteiger partial charge in [-0.2, -0.15) is 0 Å². The molecule has 3 rings (SSSR count). The quantitative estimate of drug-likeness (QED) is 0.690. The van der Waals surface area contributed by atoms with E-state index in [0.29, 0.717) is 23.1 Å². The maximum Gasteiger partial charge on any atom is 0.276 e. The zero-order chi connectivity index (χ0) is 13.9. The molecule has 1 aliphatic heterocycles. The summed E-state index contributed by atoms with van der Waals surface area (Å²) in [6.07, 6.45) is 6.66. The van der Waals surface area contributed by atoms with E-state index in [9.17, 15) is 4.79 Å². The van der Waals surface area contributed by atoms with Gasteiger partial charge in [0, 0.05) is 12.4 Å². The number of hydrogen-bond donors (Lipinski definition) is 1. The number of carbonyl (C=O) groups is 1. The van der Waals surface area contributed by atoms with E-state index < -0.39 is 0 Å². The molecular formula is C14H11N3O2S. The van der Waals surface area contributed by atoms with Crippen LogP contribution < -0.4 is 5.32 Å². The van der Waals surface area contributed by atoms with Gasteiger partial charge in [0.05, 0.1) is 12.8 Å². The molecule has 0 aromatic carbocycles. The maximum absolute atomic E-state index is 12.3. The first-order valence-electron chi connectivity index (χ1n) is 6.01. The van der Waals surface area contributed by atoms with Crippen LogP contribution in [0.2, 0.25) is 0 Å². The molecule has 2 aromatic heterocycles. The molecule has 5 nitrogen and oxygen atoms in total. The summed E-state index contributed by atoms with van der Waals surface area (Å²) in [7, 11) is 0. The van der Waals surface area contributed by atoms with Gasteiger partial charge >= 0.3 is 0 Å². The van der Waals surface area contributed by atoms with Gasteiger partial charge in [0.1, 0.15) is 11.5 Å². The monoisotopic (exact) mass is 285 g/mol. The Kier molecular flexibility index (Phi) is 3.30. The molecule has 0 unspecified atom stereocenters. The summed E-state index contributed by atoms with van der Waals surface area (Å²) in [5.41, 5.74) is 1.34. The maximum atomic E-state index is 12.3. The summed E-state index contributed by atoms with van der Waals surface area (Å²) < 4.78 is 5.24. The van der Waals surface area contributed by atoms with Crippen molar-refractivity contribution in [3.05, 3.63) is 59.9 Å². The number of hydrogen-bond acceptors (Lipinski definition) is 4. The van der Waals surface area contributed by atoms with E-state index >= 15 is 0 Å². The Morgan fingerprint density at radius 1 is 1.35 bits per heavy atom. The van der Waals surface area contributed by atoms with Gasteiger partial charge in [0.25, 0.3) is 5.91 Å². The van der Waals surface area contributed by atoms with Crippen LogP contribution in [0.15, 0.2) is 53.0 Å². The predicted molar refractivity (Wildman–Crippen MR) is 77.2 cm³/mol. The number of rotatable bonds is 3. The van der Waals surface area contributed by atoms with Gasteiger partial charge in [-0.25, -0.2) is 0 Å². The van der Waals surface area contributed by atoms with Gasteiger partial charge < -0.3 is 9.73 Å². The lowest BCUT2D eigenvalue weighted by atomic mass is 10.2. The number of furan rings is 1. The number of pyridine rings is 1. The van der Waals surface area contributed by atoms with Crippen LogP contribution >= 0.6 is 12.2 Å². The summed E-state index contributed by atoms with van der Waals surface area (Å²) >= 11 is 5.18. The Hall–Kier alpha value is -2.47. The summed E-state index contributed by atoms with van der Waals surface area (Å²) in [4.78, 5) is 17.7. The topological polar surface area (TPSA) is 58.4 Å².